The summed E-state index contributed by atoms with van der Waals surface area (Å²) in [5, 5.41) is 11.0. The van der Waals surface area contributed by atoms with Gasteiger partial charge in [-0.25, -0.2) is 4.79 Å². The minimum absolute atomic E-state index is 0.847. The van der Waals surface area contributed by atoms with E-state index in [4.69, 9.17) is 5.11 Å². The normalized spacial score (nSPS) is 10.1. The highest BCUT2D eigenvalue weighted by atomic mass is 16.4. The minimum atomic E-state index is -0.913. The molecule has 0 saturated carbocycles. The summed E-state index contributed by atoms with van der Waals surface area (Å²) in [6.07, 6.45) is 4.74. The van der Waals surface area contributed by atoms with E-state index < -0.39 is 5.97 Å². The van der Waals surface area contributed by atoms with Gasteiger partial charge in [0.25, 0.3) is 0 Å². The third-order valence-electron chi connectivity index (χ3n) is 1.02. The zero-order valence-electron chi connectivity index (χ0n) is 6.13. The smallest absolute Gasteiger partial charge is 0.329 e. The standard InChI is InChI=1S/C7H13NO2/c1-2-3-5-8-6-4-7(9)10/h4,6,8H,2-3,5H2,1H3,(H,9,10). The van der Waals surface area contributed by atoms with Crippen molar-refractivity contribution in [2.45, 2.75) is 19.8 Å². The Morgan fingerprint density at radius 1 is 1.70 bits per heavy atom. The van der Waals surface area contributed by atoms with Crippen LogP contribution in [0.25, 0.3) is 0 Å². The Balaban J connectivity index is 3.10. The van der Waals surface area contributed by atoms with Gasteiger partial charge in [-0.1, -0.05) is 13.3 Å². The third kappa shape index (κ3) is 7.01. The fourth-order valence-electron chi connectivity index (χ4n) is 0.492. The molecule has 0 spiro atoms. The molecule has 0 bridgehead atoms. The Morgan fingerprint density at radius 3 is 2.90 bits per heavy atom. The van der Waals surface area contributed by atoms with Gasteiger partial charge in [-0.2, -0.15) is 0 Å². The first kappa shape index (κ1) is 9.01. The van der Waals surface area contributed by atoms with E-state index in [2.05, 4.69) is 12.2 Å². The van der Waals surface area contributed by atoms with Crippen LogP contribution in [0.5, 0.6) is 0 Å². The molecule has 0 fully saturated rings. The molecule has 0 rings (SSSR count). The lowest BCUT2D eigenvalue weighted by atomic mass is 10.3. The number of carbonyl (C=O) groups is 1. The van der Waals surface area contributed by atoms with Crippen LogP contribution in [0.3, 0.4) is 0 Å². The summed E-state index contributed by atoms with van der Waals surface area (Å²) in [5.41, 5.74) is 0. The van der Waals surface area contributed by atoms with Crippen LogP contribution in [0.15, 0.2) is 12.3 Å². The number of carboxylic acids is 1. The van der Waals surface area contributed by atoms with Crippen molar-refractivity contribution < 1.29 is 9.90 Å². The fraction of sp³-hybridized carbons (Fsp3) is 0.571. The Kier molecular flexibility index (Phi) is 5.53. The Hall–Kier alpha value is -0.990. The van der Waals surface area contributed by atoms with E-state index in [0.29, 0.717) is 0 Å². The van der Waals surface area contributed by atoms with Gasteiger partial charge in [0.05, 0.1) is 0 Å². The van der Waals surface area contributed by atoms with Crippen LogP contribution < -0.4 is 5.32 Å². The van der Waals surface area contributed by atoms with Crippen LogP contribution in [0, 0.1) is 0 Å². The lowest BCUT2D eigenvalue weighted by Gasteiger charge is -1.94. The molecule has 0 aliphatic heterocycles. The summed E-state index contributed by atoms with van der Waals surface area (Å²) >= 11 is 0. The predicted octanol–water partition coefficient (Wildman–Crippen LogP) is 0.974. The van der Waals surface area contributed by atoms with Gasteiger partial charge in [-0.05, 0) is 6.42 Å². The summed E-state index contributed by atoms with van der Waals surface area (Å²) in [6, 6.07) is 0. The maximum absolute atomic E-state index is 9.91. The number of hydrogen-bond donors (Lipinski definition) is 2. The molecule has 0 unspecified atom stereocenters. The first-order valence-electron chi connectivity index (χ1n) is 3.40. The third-order valence-corrected chi connectivity index (χ3v) is 1.02. The molecule has 0 atom stereocenters. The summed E-state index contributed by atoms with van der Waals surface area (Å²) < 4.78 is 0. The fourth-order valence-corrected chi connectivity index (χ4v) is 0.492. The zero-order valence-corrected chi connectivity index (χ0v) is 6.13. The molecule has 0 aliphatic carbocycles. The first-order valence-corrected chi connectivity index (χ1v) is 3.40. The maximum atomic E-state index is 9.91. The van der Waals surface area contributed by atoms with Crippen molar-refractivity contribution in [3.63, 3.8) is 0 Å². The number of nitrogens with one attached hydrogen (secondary N) is 1. The predicted molar refractivity (Wildman–Crippen MR) is 39.7 cm³/mol. The lowest BCUT2D eigenvalue weighted by molar-refractivity contribution is -0.131. The summed E-state index contributed by atoms with van der Waals surface area (Å²) in [5.74, 6) is -0.913. The first-order chi connectivity index (χ1) is 4.77. The summed E-state index contributed by atoms with van der Waals surface area (Å²) in [6.45, 7) is 2.93. The van der Waals surface area contributed by atoms with Gasteiger partial charge in [0.2, 0.25) is 0 Å². The van der Waals surface area contributed by atoms with E-state index >= 15 is 0 Å². The van der Waals surface area contributed by atoms with Crippen molar-refractivity contribution in [1.82, 2.24) is 5.32 Å². The Morgan fingerprint density at radius 2 is 2.40 bits per heavy atom. The van der Waals surface area contributed by atoms with Crippen LogP contribution >= 0.6 is 0 Å². The number of aliphatic carboxylic acids is 1. The van der Waals surface area contributed by atoms with Crippen molar-refractivity contribution in [3.05, 3.63) is 12.3 Å². The van der Waals surface area contributed by atoms with Crippen molar-refractivity contribution in [3.8, 4) is 0 Å². The molecule has 0 aromatic rings. The summed E-state index contributed by atoms with van der Waals surface area (Å²) in [7, 11) is 0. The monoisotopic (exact) mass is 143 g/mol. The molecule has 58 valence electrons. The van der Waals surface area contributed by atoms with E-state index in [9.17, 15) is 4.79 Å². The molecule has 0 heterocycles. The molecule has 10 heavy (non-hydrogen) atoms. The largest absolute Gasteiger partial charge is 0.478 e. The minimum Gasteiger partial charge on any atom is -0.478 e. The summed E-state index contributed by atoms with van der Waals surface area (Å²) in [4.78, 5) is 9.91. The highest BCUT2D eigenvalue weighted by Gasteiger charge is 1.82. The van der Waals surface area contributed by atoms with Crippen molar-refractivity contribution in [1.29, 1.82) is 0 Å². The quantitative estimate of drug-likeness (QED) is 0.445. The van der Waals surface area contributed by atoms with Crippen LogP contribution in [0.4, 0.5) is 0 Å². The number of hydrogen-bond acceptors (Lipinski definition) is 2. The number of rotatable bonds is 5. The Bertz CT molecular complexity index is 121. The van der Waals surface area contributed by atoms with E-state index in [0.717, 1.165) is 25.5 Å². The van der Waals surface area contributed by atoms with Crippen molar-refractivity contribution in [2.24, 2.45) is 0 Å². The van der Waals surface area contributed by atoms with Gasteiger partial charge in [0.15, 0.2) is 0 Å². The molecule has 0 amide bonds. The van der Waals surface area contributed by atoms with Gasteiger partial charge in [0, 0.05) is 18.8 Å². The second-order valence-corrected chi connectivity index (χ2v) is 1.98. The highest BCUT2D eigenvalue weighted by molar-refractivity contribution is 5.79. The second kappa shape index (κ2) is 6.13. The Labute approximate surface area is 60.7 Å². The van der Waals surface area contributed by atoms with Crippen LogP contribution in [-0.2, 0) is 4.79 Å². The van der Waals surface area contributed by atoms with Crippen LogP contribution in [0.1, 0.15) is 19.8 Å². The molecular formula is C7H13NO2. The van der Waals surface area contributed by atoms with Gasteiger partial charge in [-0.3, -0.25) is 0 Å². The average molecular weight is 143 g/mol. The molecule has 0 aromatic heterocycles. The lowest BCUT2D eigenvalue weighted by Crippen LogP contribution is -2.06. The van der Waals surface area contributed by atoms with Gasteiger partial charge >= 0.3 is 5.97 Å². The van der Waals surface area contributed by atoms with Gasteiger partial charge < -0.3 is 10.4 Å². The molecular weight excluding hydrogens is 130 g/mol. The van der Waals surface area contributed by atoms with E-state index in [1.807, 2.05) is 0 Å². The van der Waals surface area contributed by atoms with Gasteiger partial charge in [0.1, 0.15) is 0 Å². The molecule has 0 aliphatic rings. The molecule has 0 aromatic carbocycles. The van der Waals surface area contributed by atoms with E-state index in [-0.39, 0.29) is 0 Å². The van der Waals surface area contributed by atoms with E-state index in [1.165, 1.54) is 6.20 Å². The SMILES string of the molecule is CCCCNC=CC(=O)O. The molecule has 0 radical (unpaired) electrons. The molecule has 3 heteroatoms. The topological polar surface area (TPSA) is 49.3 Å². The number of unbranched alkanes of at least 4 members (excludes halogenated alkanes) is 1. The van der Waals surface area contributed by atoms with Gasteiger partial charge in [-0.15, -0.1) is 0 Å². The second-order valence-electron chi connectivity index (χ2n) is 1.98. The zero-order chi connectivity index (χ0) is 7.82. The van der Waals surface area contributed by atoms with Crippen molar-refractivity contribution in [2.75, 3.05) is 6.54 Å². The molecule has 0 saturated heterocycles. The number of carboxylic acid groups (broad SMARTS) is 1. The maximum Gasteiger partial charge on any atom is 0.329 e. The molecule has 3 nitrogen and oxygen atoms in total. The average Bonchev–Trinajstić information content (AvgIpc) is 1.87. The highest BCUT2D eigenvalue weighted by Crippen LogP contribution is 1.81. The van der Waals surface area contributed by atoms with Crippen LogP contribution in [-0.4, -0.2) is 17.6 Å². The van der Waals surface area contributed by atoms with Crippen molar-refractivity contribution >= 4 is 5.97 Å². The van der Waals surface area contributed by atoms with E-state index in [1.54, 1.807) is 0 Å². The molecule has 2 N–H and O–H groups in total. The van der Waals surface area contributed by atoms with Crippen LogP contribution in [0.2, 0.25) is 0 Å².